The molecule has 0 spiro atoms. The van der Waals surface area contributed by atoms with Crippen LogP contribution in [0.25, 0.3) is 11.6 Å². The average Bonchev–Trinajstić information content (AvgIpc) is 3.22. The van der Waals surface area contributed by atoms with Gasteiger partial charge in [-0.3, -0.25) is 0 Å². The lowest BCUT2D eigenvalue weighted by molar-refractivity contribution is 0.0978. The average molecular weight is 399 g/mol. The quantitative estimate of drug-likeness (QED) is 0.663. The van der Waals surface area contributed by atoms with E-state index in [0.717, 1.165) is 11.1 Å². The third kappa shape index (κ3) is 4.21. The Labute approximate surface area is 169 Å². The van der Waals surface area contributed by atoms with Crippen LogP contribution in [0.1, 0.15) is 11.1 Å². The maximum Gasteiger partial charge on any atom is 0.217 e. The summed E-state index contributed by atoms with van der Waals surface area (Å²) in [6, 6.07) is 13.2. The van der Waals surface area contributed by atoms with Gasteiger partial charge in [0.15, 0.2) is 11.5 Å². The molecule has 3 rings (SSSR count). The van der Waals surface area contributed by atoms with Gasteiger partial charge in [-0.05, 0) is 17.7 Å². The number of benzene rings is 2. The summed E-state index contributed by atoms with van der Waals surface area (Å²) in [4.78, 5) is 4.49. The standard InChI is InChI=1S/C22H25NO6/c1-26-18-11-20(28-3)19(27-2)10-16(18)9-17(15-7-5-4-6-8-15)21-23-22(12-24,13-25)14-29-21/h4-11,24-25H,12-14H2,1-3H3/b17-9+. The zero-order chi connectivity index (χ0) is 20.9. The molecule has 7 heteroatoms. The van der Waals surface area contributed by atoms with Crippen LogP contribution in [0.2, 0.25) is 0 Å². The third-order valence-corrected chi connectivity index (χ3v) is 4.76. The van der Waals surface area contributed by atoms with E-state index in [9.17, 15) is 10.2 Å². The van der Waals surface area contributed by atoms with Gasteiger partial charge < -0.3 is 29.2 Å². The molecule has 0 bridgehead atoms. The first-order valence-electron chi connectivity index (χ1n) is 9.11. The molecule has 0 aliphatic carbocycles. The summed E-state index contributed by atoms with van der Waals surface area (Å²) in [6.45, 7) is -0.522. The molecule has 154 valence electrons. The molecule has 0 amide bonds. The fourth-order valence-electron chi connectivity index (χ4n) is 3.04. The lowest BCUT2D eigenvalue weighted by Gasteiger charge is -2.16. The molecule has 1 aliphatic rings. The van der Waals surface area contributed by atoms with Crippen molar-refractivity contribution >= 4 is 17.5 Å². The Morgan fingerprint density at radius 1 is 1.00 bits per heavy atom. The number of aliphatic hydroxyl groups is 2. The molecule has 0 fully saturated rings. The smallest absolute Gasteiger partial charge is 0.217 e. The zero-order valence-corrected chi connectivity index (χ0v) is 16.7. The highest BCUT2D eigenvalue weighted by atomic mass is 16.5. The van der Waals surface area contributed by atoms with Crippen LogP contribution >= 0.6 is 0 Å². The Morgan fingerprint density at radius 2 is 1.62 bits per heavy atom. The van der Waals surface area contributed by atoms with E-state index in [0.29, 0.717) is 28.7 Å². The van der Waals surface area contributed by atoms with E-state index in [1.807, 2.05) is 36.4 Å². The number of aliphatic imine (C=N–C) groups is 1. The van der Waals surface area contributed by atoms with Crippen molar-refractivity contribution < 1.29 is 29.2 Å². The maximum atomic E-state index is 9.67. The largest absolute Gasteiger partial charge is 0.496 e. The summed E-state index contributed by atoms with van der Waals surface area (Å²) in [5.74, 6) is 2.04. The van der Waals surface area contributed by atoms with E-state index in [2.05, 4.69) is 4.99 Å². The van der Waals surface area contributed by atoms with Crippen LogP contribution in [-0.2, 0) is 4.74 Å². The number of nitrogens with zero attached hydrogens (tertiary/aromatic N) is 1. The predicted octanol–water partition coefficient (Wildman–Crippen LogP) is 2.41. The first-order valence-corrected chi connectivity index (χ1v) is 9.11. The SMILES string of the molecule is COc1cc(OC)c(OC)cc1/C=C(/C1=NC(CO)(CO)CO1)c1ccccc1. The fourth-order valence-corrected chi connectivity index (χ4v) is 3.04. The molecule has 0 saturated heterocycles. The van der Waals surface area contributed by atoms with E-state index in [-0.39, 0.29) is 19.8 Å². The molecule has 0 saturated carbocycles. The lowest BCUT2D eigenvalue weighted by atomic mass is 10.0. The number of methoxy groups -OCH3 is 3. The molecule has 1 heterocycles. The molecule has 29 heavy (non-hydrogen) atoms. The topological polar surface area (TPSA) is 89.7 Å². The highest BCUT2D eigenvalue weighted by Crippen LogP contribution is 2.37. The van der Waals surface area contributed by atoms with Crippen molar-refractivity contribution in [2.45, 2.75) is 5.54 Å². The number of rotatable bonds is 8. The van der Waals surface area contributed by atoms with Gasteiger partial charge >= 0.3 is 0 Å². The van der Waals surface area contributed by atoms with Crippen LogP contribution in [0.15, 0.2) is 47.5 Å². The van der Waals surface area contributed by atoms with Gasteiger partial charge in [0, 0.05) is 17.2 Å². The van der Waals surface area contributed by atoms with Gasteiger partial charge in [-0.25, -0.2) is 4.99 Å². The zero-order valence-electron chi connectivity index (χ0n) is 16.7. The van der Waals surface area contributed by atoms with Crippen molar-refractivity contribution in [3.8, 4) is 17.2 Å². The fraction of sp³-hybridized carbons (Fsp3) is 0.318. The van der Waals surface area contributed by atoms with Crippen molar-refractivity contribution in [3.05, 3.63) is 53.6 Å². The van der Waals surface area contributed by atoms with Gasteiger partial charge in [0.1, 0.15) is 17.9 Å². The van der Waals surface area contributed by atoms with Gasteiger partial charge in [0.25, 0.3) is 0 Å². The van der Waals surface area contributed by atoms with Crippen LogP contribution in [0.5, 0.6) is 17.2 Å². The van der Waals surface area contributed by atoms with E-state index in [1.165, 1.54) is 0 Å². The van der Waals surface area contributed by atoms with Crippen molar-refractivity contribution in [1.82, 2.24) is 0 Å². The summed E-state index contributed by atoms with van der Waals surface area (Å²) in [7, 11) is 4.70. The molecular formula is C22H25NO6. The Kier molecular flexibility index (Phi) is 6.41. The van der Waals surface area contributed by atoms with E-state index < -0.39 is 5.54 Å². The van der Waals surface area contributed by atoms with Crippen molar-refractivity contribution in [1.29, 1.82) is 0 Å². The summed E-state index contributed by atoms with van der Waals surface area (Å²) in [5, 5.41) is 19.3. The van der Waals surface area contributed by atoms with Crippen molar-refractivity contribution in [3.63, 3.8) is 0 Å². The van der Waals surface area contributed by atoms with Gasteiger partial charge in [0.05, 0.1) is 34.5 Å². The molecule has 2 N–H and O–H groups in total. The van der Waals surface area contributed by atoms with Crippen LogP contribution in [-0.4, -0.2) is 62.8 Å². The second kappa shape index (κ2) is 8.98. The second-order valence-electron chi connectivity index (χ2n) is 6.62. The van der Waals surface area contributed by atoms with Crippen molar-refractivity contribution in [2.24, 2.45) is 4.99 Å². The molecule has 2 aromatic carbocycles. The van der Waals surface area contributed by atoms with Gasteiger partial charge in [-0.1, -0.05) is 30.3 Å². The van der Waals surface area contributed by atoms with Crippen LogP contribution in [0, 0.1) is 0 Å². The predicted molar refractivity (Wildman–Crippen MR) is 111 cm³/mol. The molecule has 1 aliphatic heterocycles. The Hall–Kier alpha value is -3.03. The molecule has 0 unspecified atom stereocenters. The van der Waals surface area contributed by atoms with E-state index in [1.54, 1.807) is 33.5 Å². The van der Waals surface area contributed by atoms with Crippen molar-refractivity contribution in [2.75, 3.05) is 41.2 Å². The molecule has 0 atom stereocenters. The first-order chi connectivity index (χ1) is 14.1. The number of hydrogen-bond acceptors (Lipinski definition) is 7. The Morgan fingerprint density at radius 3 is 2.17 bits per heavy atom. The molecule has 2 aromatic rings. The molecule has 0 aromatic heterocycles. The highest BCUT2D eigenvalue weighted by molar-refractivity contribution is 6.25. The monoisotopic (exact) mass is 399 g/mol. The Bertz CT molecular complexity index is 903. The molecular weight excluding hydrogens is 374 g/mol. The van der Waals surface area contributed by atoms with Gasteiger partial charge in [-0.15, -0.1) is 0 Å². The number of ether oxygens (including phenoxy) is 4. The maximum absolute atomic E-state index is 9.67. The van der Waals surface area contributed by atoms with E-state index >= 15 is 0 Å². The molecule has 0 radical (unpaired) electrons. The van der Waals surface area contributed by atoms with E-state index in [4.69, 9.17) is 18.9 Å². The molecule has 7 nitrogen and oxygen atoms in total. The van der Waals surface area contributed by atoms with Gasteiger partial charge in [-0.2, -0.15) is 0 Å². The highest BCUT2D eigenvalue weighted by Gasteiger charge is 2.37. The normalized spacial score (nSPS) is 15.5. The summed E-state index contributed by atoms with van der Waals surface area (Å²) in [6.07, 6.45) is 1.87. The van der Waals surface area contributed by atoms with Crippen LogP contribution in [0.4, 0.5) is 0 Å². The minimum Gasteiger partial charge on any atom is -0.496 e. The first kappa shape index (κ1) is 20.7. The summed E-state index contributed by atoms with van der Waals surface area (Å²) >= 11 is 0. The summed E-state index contributed by atoms with van der Waals surface area (Å²) in [5.41, 5.74) is 1.25. The minimum absolute atomic E-state index is 0.0998. The number of aliphatic hydroxyl groups excluding tert-OH is 2. The second-order valence-corrected chi connectivity index (χ2v) is 6.62. The summed E-state index contributed by atoms with van der Waals surface area (Å²) < 4.78 is 22.1. The minimum atomic E-state index is -1.05. The Balaban J connectivity index is 2.17. The van der Waals surface area contributed by atoms with Crippen LogP contribution in [0.3, 0.4) is 0 Å². The number of hydrogen-bond donors (Lipinski definition) is 2. The third-order valence-electron chi connectivity index (χ3n) is 4.76. The lowest BCUT2D eigenvalue weighted by Crippen LogP contribution is -2.37. The van der Waals surface area contributed by atoms with Crippen LogP contribution < -0.4 is 14.2 Å². The van der Waals surface area contributed by atoms with Gasteiger partial charge in [0.2, 0.25) is 5.90 Å².